The lowest BCUT2D eigenvalue weighted by atomic mass is 9.73. The fourth-order valence-electron chi connectivity index (χ4n) is 5.13. The highest BCUT2D eigenvalue weighted by Crippen LogP contribution is 2.38. The summed E-state index contributed by atoms with van der Waals surface area (Å²) in [6.07, 6.45) is 29.2. The van der Waals surface area contributed by atoms with Crippen molar-refractivity contribution in [3.05, 3.63) is 0 Å². The van der Waals surface area contributed by atoms with Gasteiger partial charge in [-0.15, -0.1) is 0 Å². The summed E-state index contributed by atoms with van der Waals surface area (Å²) in [5.74, 6) is 0.577. The number of unbranched alkanes of at least 4 members (excludes halogenated alkanes) is 12. The van der Waals surface area contributed by atoms with Crippen LogP contribution in [0.15, 0.2) is 0 Å². The average molecular weight is 381 g/mol. The second-order valence-electron chi connectivity index (χ2n) is 9.53. The second-order valence-corrected chi connectivity index (χ2v) is 9.53. The predicted molar refractivity (Wildman–Crippen MR) is 121 cm³/mol. The molecule has 0 aromatic carbocycles. The van der Waals surface area contributed by atoms with Gasteiger partial charge in [0.15, 0.2) is 0 Å². The maximum absolute atomic E-state index is 11.5. The first-order valence-corrected chi connectivity index (χ1v) is 13.0. The van der Waals surface area contributed by atoms with Crippen LogP contribution in [-0.4, -0.2) is 10.7 Å². The van der Waals surface area contributed by atoms with E-state index in [1.807, 2.05) is 0 Å². The van der Waals surface area contributed by atoms with Gasteiger partial charge in [0, 0.05) is 0 Å². The van der Waals surface area contributed by atoms with Crippen molar-refractivity contribution in [2.24, 2.45) is 5.92 Å². The molecule has 0 saturated heterocycles. The van der Waals surface area contributed by atoms with Crippen LogP contribution in [0.25, 0.3) is 0 Å². The first-order chi connectivity index (χ1) is 13.2. The van der Waals surface area contributed by atoms with Crippen LogP contribution >= 0.6 is 0 Å². The van der Waals surface area contributed by atoms with Gasteiger partial charge in [-0.1, -0.05) is 129 Å². The Morgan fingerprint density at radius 2 is 1.15 bits per heavy atom. The summed E-state index contributed by atoms with van der Waals surface area (Å²) in [7, 11) is 0. The third-order valence-electron chi connectivity index (χ3n) is 7.04. The third kappa shape index (κ3) is 12.2. The van der Waals surface area contributed by atoms with E-state index in [4.69, 9.17) is 0 Å². The monoisotopic (exact) mass is 380 g/mol. The molecule has 0 amide bonds. The maximum Gasteiger partial charge on any atom is 0.0675 e. The molecule has 0 aliphatic heterocycles. The van der Waals surface area contributed by atoms with E-state index in [1.54, 1.807) is 0 Å². The molecular weight excluding hydrogens is 328 g/mol. The number of hydrogen-bond donors (Lipinski definition) is 1. The van der Waals surface area contributed by atoms with Crippen LogP contribution in [-0.2, 0) is 0 Å². The van der Waals surface area contributed by atoms with E-state index in [0.29, 0.717) is 5.92 Å². The predicted octanol–water partition coefficient (Wildman–Crippen LogP) is 8.97. The molecule has 162 valence electrons. The van der Waals surface area contributed by atoms with Gasteiger partial charge in [-0.2, -0.15) is 0 Å². The molecule has 1 fully saturated rings. The summed E-state index contributed by atoms with van der Waals surface area (Å²) in [6.45, 7) is 4.58. The van der Waals surface area contributed by atoms with Crippen molar-refractivity contribution in [1.29, 1.82) is 0 Å². The molecule has 1 rings (SSSR count). The first kappa shape index (κ1) is 25.0. The molecule has 0 aromatic heterocycles. The molecule has 27 heavy (non-hydrogen) atoms. The molecular formula is C26H52O. The number of aliphatic hydroxyl groups is 1. The van der Waals surface area contributed by atoms with Gasteiger partial charge in [0.05, 0.1) is 5.60 Å². The van der Waals surface area contributed by atoms with Crippen molar-refractivity contribution in [3.63, 3.8) is 0 Å². The van der Waals surface area contributed by atoms with Crippen molar-refractivity contribution in [2.75, 3.05) is 0 Å². The molecule has 1 nitrogen and oxygen atoms in total. The minimum atomic E-state index is -0.341. The van der Waals surface area contributed by atoms with Gasteiger partial charge in [0.1, 0.15) is 0 Å². The van der Waals surface area contributed by atoms with Crippen LogP contribution < -0.4 is 0 Å². The Hall–Kier alpha value is -0.0400. The summed E-state index contributed by atoms with van der Waals surface area (Å²) in [5.41, 5.74) is -0.341. The van der Waals surface area contributed by atoms with E-state index in [0.717, 1.165) is 12.8 Å². The van der Waals surface area contributed by atoms with Crippen LogP contribution in [0.4, 0.5) is 0 Å². The number of hydrogen-bond acceptors (Lipinski definition) is 1. The Kier molecular flexibility index (Phi) is 15.6. The maximum atomic E-state index is 11.5. The Balaban J connectivity index is 2.29. The highest BCUT2D eigenvalue weighted by Gasteiger charge is 2.35. The standard InChI is InChI=1S/C26H52O/c1-3-5-7-9-11-12-13-17-21-25-22-18-14-16-20-24-26(25,27)23-19-15-10-8-6-4-2/h25,27H,3-24H2,1-2H3. The van der Waals surface area contributed by atoms with Gasteiger partial charge in [-0.3, -0.25) is 0 Å². The van der Waals surface area contributed by atoms with Crippen LogP contribution in [0.1, 0.15) is 155 Å². The van der Waals surface area contributed by atoms with Gasteiger partial charge in [0.2, 0.25) is 0 Å². The van der Waals surface area contributed by atoms with E-state index < -0.39 is 0 Å². The van der Waals surface area contributed by atoms with E-state index >= 15 is 0 Å². The van der Waals surface area contributed by atoms with Gasteiger partial charge >= 0.3 is 0 Å². The highest BCUT2D eigenvalue weighted by atomic mass is 16.3. The lowest BCUT2D eigenvalue weighted by Crippen LogP contribution is -2.39. The molecule has 0 aromatic rings. The SMILES string of the molecule is CCCCCCCCCCC1CCCCCCC1(O)CCCCCCCC. The molecule has 0 heterocycles. The van der Waals surface area contributed by atoms with Crippen LogP contribution in [0, 0.1) is 5.92 Å². The second kappa shape index (κ2) is 16.9. The van der Waals surface area contributed by atoms with Gasteiger partial charge in [-0.25, -0.2) is 0 Å². The lowest BCUT2D eigenvalue weighted by Gasteiger charge is -2.38. The van der Waals surface area contributed by atoms with E-state index in [1.165, 1.54) is 128 Å². The van der Waals surface area contributed by atoms with Crippen LogP contribution in [0.5, 0.6) is 0 Å². The molecule has 1 N–H and O–H groups in total. The molecule has 1 aliphatic rings. The van der Waals surface area contributed by atoms with Crippen LogP contribution in [0.3, 0.4) is 0 Å². The summed E-state index contributed by atoms with van der Waals surface area (Å²) >= 11 is 0. The van der Waals surface area contributed by atoms with Crippen LogP contribution in [0.2, 0.25) is 0 Å². The summed E-state index contributed by atoms with van der Waals surface area (Å²) in [4.78, 5) is 0. The summed E-state index contributed by atoms with van der Waals surface area (Å²) in [5, 5.41) is 11.5. The zero-order valence-corrected chi connectivity index (χ0v) is 19.1. The van der Waals surface area contributed by atoms with E-state index in [2.05, 4.69) is 13.8 Å². The molecule has 1 saturated carbocycles. The minimum Gasteiger partial charge on any atom is -0.390 e. The van der Waals surface area contributed by atoms with Crippen molar-refractivity contribution in [1.82, 2.24) is 0 Å². The number of rotatable bonds is 16. The van der Waals surface area contributed by atoms with Crippen molar-refractivity contribution in [2.45, 2.75) is 161 Å². The Morgan fingerprint density at radius 3 is 1.78 bits per heavy atom. The molecule has 2 atom stereocenters. The normalized spacial score (nSPS) is 23.9. The topological polar surface area (TPSA) is 20.2 Å². The zero-order valence-electron chi connectivity index (χ0n) is 19.1. The zero-order chi connectivity index (χ0) is 19.6. The van der Waals surface area contributed by atoms with E-state index in [9.17, 15) is 5.11 Å². The van der Waals surface area contributed by atoms with Crippen molar-refractivity contribution < 1.29 is 5.11 Å². The molecule has 1 aliphatic carbocycles. The van der Waals surface area contributed by atoms with Gasteiger partial charge in [-0.05, 0) is 31.6 Å². The third-order valence-corrected chi connectivity index (χ3v) is 7.04. The molecule has 0 spiro atoms. The van der Waals surface area contributed by atoms with Crippen molar-refractivity contribution in [3.8, 4) is 0 Å². The minimum absolute atomic E-state index is 0.341. The Bertz CT molecular complexity index is 313. The Labute approximate surface area is 172 Å². The molecule has 2 unspecified atom stereocenters. The summed E-state index contributed by atoms with van der Waals surface area (Å²) < 4.78 is 0. The summed E-state index contributed by atoms with van der Waals surface area (Å²) in [6, 6.07) is 0. The highest BCUT2D eigenvalue weighted by molar-refractivity contribution is 4.88. The average Bonchev–Trinajstić information content (AvgIpc) is 2.66. The molecule has 1 heteroatoms. The van der Waals surface area contributed by atoms with Gasteiger partial charge < -0.3 is 5.11 Å². The molecule has 0 bridgehead atoms. The fraction of sp³-hybridized carbons (Fsp3) is 1.00. The van der Waals surface area contributed by atoms with Gasteiger partial charge in [0.25, 0.3) is 0 Å². The smallest absolute Gasteiger partial charge is 0.0675 e. The molecule has 0 radical (unpaired) electrons. The quantitative estimate of drug-likeness (QED) is 0.265. The largest absolute Gasteiger partial charge is 0.390 e. The Morgan fingerprint density at radius 1 is 0.630 bits per heavy atom. The fourth-order valence-corrected chi connectivity index (χ4v) is 5.13. The van der Waals surface area contributed by atoms with Crippen molar-refractivity contribution >= 4 is 0 Å². The first-order valence-electron chi connectivity index (χ1n) is 13.0. The lowest BCUT2D eigenvalue weighted by molar-refractivity contribution is -0.0492. The van der Waals surface area contributed by atoms with E-state index in [-0.39, 0.29) is 5.60 Å².